The third-order valence-electron chi connectivity index (χ3n) is 4.29. The van der Waals surface area contributed by atoms with Gasteiger partial charge in [-0.25, -0.2) is 0 Å². The number of H-pyrrole nitrogens is 1. The van der Waals surface area contributed by atoms with E-state index in [1.165, 1.54) is 0 Å². The van der Waals surface area contributed by atoms with Crippen molar-refractivity contribution in [1.82, 2.24) is 15.2 Å². The summed E-state index contributed by atoms with van der Waals surface area (Å²) in [6, 6.07) is 11.7. The lowest BCUT2D eigenvalue weighted by molar-refractivity contribution is 0.0162. The van der Waals surface area contributed by atoms with Gasteiger partial charge in [0, 0.05) is 25.8 Å². The molecule has 1 aliphatic rings. The molecule has 6 nitrogen and oxygen atoms in total. The molecule has 3 rings (SSSR count). The number of carbonyl (C=O) groups is 1. The van der Waals surface area contributed by atoms with Gasteiger partial charge >= 0.3 is 0 Å². The Morgan fingerprint density at radius 2 is 2.04 bits per heavy atom. The van der Waals surface area contributed by atoms with Crippen molar-refractivity contribution in [2.45, 2.75) is 6.04 Å². The van der Waals surface area contributed by atoms with Gasteiger partial charge in [-0.1, -0.05) is 12.1 Å². The highest BCUT2D eigenvalue weighted by molar-refractivity contribution is 5.92. The second-order valence-corrected chi connectivity index (χ2v) is 5.73. The van der Waals surface area contributed by atoms with E-state index in [0.717, 1.165) is 37.6 Å². The summed E-state index contributed by atoms with van der Waals surface area (Å²) in [4.78, 5) is 17.5. The third kappa shape index (κ3) is 3.96. The number of benzene rings is 1. The maximum atomic E-state index is 12.2. The lowest BCUT2D eigenvalue weighted by atomic mass is 10.0. The van der Waals surface area contributed by atoms with E-state index in [2.05, 4.69) is 27.3 Å². The van der Waals surface area contributed by atoms with E-state index in [1.807, 2.05) is 18.2 Å². The molecule has 2 heterocycles. The molecule has 1 fully saturated rings. The van der Waals surface area contributed by atoms with Crippen molar-refractivity contribution in [2.24, 2.45) is 0 Å². The van der Waals surface area contributed by atoms with E-state index in [0.29, 0.717) is 12.2 Å². The number of nitrogens with zero attached hydrogens (tertiary/aromatic N) is 1. The van der Waals surface area contributed by atoms with E-state index in [-0.39, 0.29) is 11.9 Å². The van der Waals surface area contributed by atoms with Crippen LogP contribution in [0.3, 0.4) is 0 Å². The SMILES string of the molecule is COc1ccc(C(CNC(=O)c2ccc[nH]2)N2CCOCC2)cc1. The Morgan fingerprint density at radius 1 is 1.29 bits per heavy atom. The van der Waals surface area contributed by atoms with Crippen molar-refractivity contribution < 1.29 is 14.3 Å². The van der Waals surface area contributed by atoms with Gasteiger partial charge in [-0.2, -0.15) is 0 Å². The van der Waals surface area contributed by atoms with Gasteiger partial charge in [-0.05, 0) is 29.8 Å². The summed E-state index contributed by atoms with van der Waals surface area (Å²) >= 11 is 0. The quantitative estimate of drug-likeness (QED) is 0.848. The predicted molar refractivity (Wildman–Crippen MR) is 91.3 cm³/mol. The van der Waals surface area contributed by atoms with Crippen molar-refractivity contribution in [2.75, 3.05) is 40.0 Å². The van der Waals surface area contributed by atoms with Gasteiger partial charge in [0.05, 0.1) is 26.4 Å². The minimum absolute atomic E-state index is 0.0910. The van der Waals surface area contributed by atoms with E-state index in [4.69, 9.17) is 9.47 Å². The van der Waals surface area contributed by atoms with Gasteiger partial charge in [-0.3, -0.25) is 9.69 Å². The van der Waals surface area contributed by atoms with E-state index in [1.54, 1.807) is 19.4 Å². The third-order valence-corrected chi connectivity index (χ3v) is 4.29. The summed E-state index contributed by atoms with van der Waals surface area (Å²) in [5, 5.41) is 3.03. The Balaban J connectivity index is 1.72. The topological polar surface area (TPSA) is 66.6 Å². The first kappa shape index (κ1) is 16.5. The standard InChI is InChI=1S/C18H23N3O3/c1-23-15-6-4-14(5-7-15)17(21-9-11-24-12-10-21)13-20-18(22)16-3-2-8-19-16/h2-8,17,19H,9-13H2,1H3,(H,20,22). The summed E-state index contributed by atoms with van der Waals surface area (Å²) in [6.07, 6.45) is 1.75. The molecule has 1 amide bonds. The normalized spacial score (nSPS) is 16.5. The number of hydrogen-bond acceptors (Lipinski definition) is 4. The van der Waals surface area contributed by atoms with Gasteiger partial charge in [0.2, 0.25) is 0 Å². The van der Waals surface area contributed by atoms with Crippen LogP contribution in [-0.2, 0) is 4.74 Å². The molecule has 0 radical (unpaired) electrons. The Morgan fingerprint density at radius 3 is 2.67 bits per heavy atom. The van der Waals surface area contributed by atoms with Crippen LogP contribution < -0.4 is 10.1 Å². The molecule has 6 heteroatoms. The first-order chi connectivity index (χ1) is 11.8. The Labute approximate surface area is 141 Å². The van der Waals surface area contributed by atoms with Gasteiger partial charge < -0.3 is 19.8 Å². The molecule has 1 aromatic carbocycles. The summed E-state index contributed by atoms with van der Waals surface area (Å²) < 4.78 is 10.7. The summed E-state index contributed by atoms with van der Waals surface area (Å²) in [6.45, 7) is 3.70. The molecule has 0 spiro atoms. The zero-order chi connectivity index (χ0) is 16.8. The van der Waals surface area contributed by atoms with Crippen LogP contribution in [0.5, 0.6) is 5.75 Å². The second-order valence-electron chi connectivity index (χ2n) is 5.73. The van der Waals surface area contributed by atoms with E-state index >= 15 is 0 Å². The number of amides is 1. The summed E-state index contributed by atoms with van der Waals surface area (Å²) in [5.41, 5.74) is 1.73. The van der Waals surface area contributed by atoms with E-state index < -0.39 is 0 Å². The second kappa shape index (κ2) is 7.99. The number of rotatable bonds is 6. The predicted octanol–water partition coefficient (Wildman–Crippen LogP) is 1.83. The summed E-state index contributed by atoms with van der Waals surface area (Å²) in [5.74, 6) is 0.738. The average Bonchev–Trinajstić information content (AvgIpc) is 3.18. The van der Waals surface area contributed by atoms with Gasteiger partial charge in [0.1, 0.15) is 11.4 Å². The largest absolute Gasteiger partial charge is 0.497 e. The number of aromatic amines is 1. The molecule has 1 saturated heterocycles. The minimum Gasteiger partial charge on any atom is -0.497 e. The zero-order valence-electron chi connectivity index (χ0n) is 13.8. The van der Waals surface area contributed by atoms with Crippen LogP contribution in [0.2, 0.25) is 0 Å². The van der Waals surface area contributed by atoms with Crippen molar-refractivity contribution in [3.05, 3.63) is 53.9 Å². The fourth-order valence-corrected chi connectivity index (χ4v) is 2.93. The Hall–Kier alpha value is -2.31. The maximum absolute atomic E-state index is 12.2. The fourth-order valence-electron chi connectivity index (χ4n) is 2.93. The van der Waals surface area contributed by atoms with Gasteiger partial charge in [0.25, 0.3) is 5.91 Å². The highest BCUT2D eigenvalue weighted by Crippen LogP contribution is 2.23. The number of aromatic nitrogens is 1. The molecule has 0 bridgehead atoms. The molecule has 1 unspecified atom stereocenters. The average molecular weight is 329 g/mol. The molecule has 0 aliphatic carbocycles. The van der Waals surface area contributed by atoms with Crippen molar-refractivity contribution >= 4 is 5.91 Å². The molecule has 128 valence electrons. The van der Waals surface area contributed by atoms with Crippen LogP contribution in [0.25, 0.3) is 0 Å². The summed E-state index contributed by atoms with van der Waals surface area (Å²) in [7, 11) is 1.66. The number of methoxy groups -OCH3 is 1. The number of carbonyl (C=O) groups excluding carboxylic acids is 1. The minimum atomic E-state index is -0.0910. The molecular formula is C18H23N3O3. The van der Waals surface area contributed by atoms with Crippen molar-refractivity contribution in [3.63, 3.8) is 0 Å². The molecule has 2 N–H and O–H groups in total. The van der Waals surface area contributed by atoms with Crippen molar-refractivity contribution in [1.29, 1.82) is 0 Å². The van der Waals surface area contributed by atoms with Crippen LogP contribution in [0.1, 0.15) is 22.1 Å². The molecule has 24 heavy (non-hydrogen) atoms. The number of hydrogen-bond donors (Lipinski definition) is 2. The fraction of sp³-hybridized carbons (Fsp3) is 0.389. The lowest BCUT2D eigenvalue weighted by Crippen LogP contribution is -2.43. The first-order valence-electron chi connectivity index (χ1n) is 8.15. The molecule has 1 aliphatic heterocycles. The lowest BCUT2D eigenvalue weighted by Gasteiger charge is -2.35. The van der Waals surface area contributed by atoms with Crippen molar-refractivity contribution in [3.8, 4) is 5.75 Å². The smallest absolute Gasteiger partial charge is 0.267 e. The van der Waals surface area contributed by atoms with Gasteiger partial charge in [-0.15, -0.1) is 0 Å². The molecule has 1 aromatic heterocycles. The van der Waals surface area contributed by atoms with Crippen LogP contribution in [0.15, 0.2) is 42.6 Å². The van der Waals surface area contributed by atoms with Crippen LogP contribution in [0.4, 0.5) is 0 Å². The van der Waals surface area contributed by atoms with Crippen LogP contribution in [0, 0.1) is 0 Å². The van der Waals surface area contributed by atoms with Crippen LogP contribution in [-0.4, -0.2) is 55.7 Å². The Kier molecular flexibility index (Phi) is 5.51. The van der Waals surface area contributed by atoms with Gasteiger partial charge in [0.15, 0.2) is 0 Å². The first-order valence-corrected chi connectivity index (χ1v) is 8.15. The zero-order valence-corrected chi connectivity index (χ0v) is 13.8. The van der Waals surface area contributed by atoms with E-state index in [9.17, 15) is 4.79 Å². The number of morpholine rings is 1. The maximum Gasteiger partial charge on any atom is 0.267 e. The highest BCUT2D eigenvalue weighted by atomic mass is 16.5. The highest BCUT2D eigenvalue weighted by Gasteiger charge is 2.23. The molecule has 1 atom stereocenters. The molecular weight excluding hydrogens is 306 g/mol. The molecule has 2 aromatic rings. The number of ether oxygens (including phenoxy) is 2. The number of nitrogens with one attached hydrogen (secondary N) is 2. The Bertz CT molecular complexity index is 634. The van der Waals surface area contributed by atoms with Crippen LogP contribution >= 0.6 is 0 Å². The monoisotopic (exact) mass is 329 g/mol. The molecule has 0 saturated carbocycles.